The lowest BCUT2D eigenvalue weighted by Gasteiger charge is -2.33. The summed E-state index contributed by atoms with van der Waals surface area (Å²) in [6, 6.07) is 13.7. The summed E-state index contributed by atoms with van der Waals surface area (Å²) >= 11 is 0. The highest BCUT2D eigenvalue weighted by atomic mass is 28.5. The highest BCUT2D eigenvalue weighted by Gasteiger charge is 2.53. The van der Waals surface area contributed by atoms with Gasteiger partial charge in [-0.1, -0.05) is 24.3 Å². The molecule has 1 atom stereocenters. The van der Waals surface area contributed by atoms with Crippen molar-refractivity contribution in [1.82, 2.24) is 0 Å². The lowest BCUT2D eigenvalue weighted by Crippen LogP contribution is -2.67. The van der Waals surface area contributed by atoms with Gasteiger partial charge in [-0.15, -0.1) is 0 Å². The van der Waals surface area contributed by atoms with Gasteiger partial charge in [-0.2, -0.15) is 0 Å². The van der Waals surface area contributed by atoms with E-state index in [0.29, 0.717) is 21.7 Å². The van der Waals surface area contributed by atoms with E-state index in [0.717, 1.165) is 0 Å². The highest BCUT2D eigenvalue weighted by molar-refractivity contribution is 6.87. The maximum absolute atomic E-state index is 11.0. The van der Waals surface area contributed by atoms with E-state index in [4.69, 9.17) is 28.9 Å². The van der Waals surface area contributed by atoms with Gasteiger partial charge < -0.3 is 33.7 Å². The fraction of sp³-hybridized carbons (Fsp3) is 0.200. The van der Waals surface area contributed by atoms with Crippen LogP contribution in [0.4, 0.5) is 11.4 Å². The molecule has 5 N–H and O–H groups in total. The first kappa shape index (κ1) is 18.6. The Bertz CT molecular complexity index is 699. The summed E-state index contributed by atoms with van der Waals surface area (Å²) in [5, 5.41) is 1.08. The molecule has 0 aliphatic carbocycles. The van der Waals surface area contributed by atoms with E-state index in [9.17, 15) is 4.80 Å². The molecule has 0 saturated carbocycles. The molecule has 0 fully saturated rings. The number of hydrogen-bond donors (Lipinski definition) is 3. The maximum atomic E-state index is 11.0. The van der Waals surface area contributed by atoms with Crippen LogP contribution in [0.25, 0.3) is 0 Å². The molecule has 0 heterocycles. The Labute approximate surface area is 143 Å². The summed E-state index contributed by atoms with van der Waals surface area (Å²) < 4.78 is 22.5. The van der Waals surface area contributed by atoms with Crippen molar-refractivity contribution in [2.24, 2.45) is 0 Å². The van der Waals surface area contributed by atoms with Gasteiger partial charge in [0.2, 0.25) is 0 Å². The largest absolute Gasteiger partial charge is 0.529 e. The summed E-state index contributed by atoms with van der Waals surface area (Å²) in [6.45, 7) is 0. The van der Waals surface area contributed by atoms with E-state index in [1.165, 1.54) is 21.3 Å². The van der Waals surface area contributed by atoms with Crippen molar-refractivity contribution >= 4 is 39.4 Å². The summed E-state index contributed by atoms with van der Waals surface area (Å²) in [6.07, 6.45) is 0. The van der Waals surface area contributed by atoms with Crippen LogP contribution in [0, 0.1) is 0 Å². The summed E-state index contributed by atoms with van der Waals surface area (Å²) in [5.74, 6) is 0. The third-order valence-electron chi connectivity index (χ3n) is 3.58. The number of nitrogens with two attached hydrogens (primary N) is 2. The van der Waals surface area contributed by atoms with Gasteiger partial charge in [0.15, 0.2) is 0 Å². The quantitative estimate of drug-likeness (QED) is 0.459. The minimum Gasteiger partial charge on any atom is -0.399 e. The van der Waals surface area contributed by atoms with Crippen LogP contribution in [-0.2, 0) is 17.4 Å². The fourth-order valence-corrected chi connectivity index (χ4v) is 7.90. The number of anilines is 2. The second kappa shape index (κ2) is 7.44. The van der Waals surface area contributed by atoms with Crippen LogP contribution < -0.4 is 21.8 Å². The average Bonchev–Trinajstić information content (AvgIpc) is 2.59. The first-order valence-electron chi connectivity index (χ1n) is 7.19. The van der Waals surface area contributed by atoms with Gasteiger partial charge in [0.05, 0.1) is 0 Å². The molecule has 0 aromatic heterocycles. The van der Waals surface area contributed by atoms with Crippen LogP contribution in [-0.4, -0.2) is 43.7 Å². The van der Waals surface area contributed by atoms with Gasteiger partial charge in [0.1, 0.15) is 0 Å². The maximum Gasteiger partial charge on any atom is 0.529 e. The smallest absolute Gasteiger partial charge is 0.399 e. The predicted octanol–water partition coefficient (Wildman–Crippen LogP) is -0.209. The summed E-state index contributed by atoms with van der Waals surface area (Å²) in [5.41, 5.74) is 12.7. The number of rotatable bonds is 7. The molecule has 130 valence electrons. The molecular weight excluding hydrogens is 344 g/mol. The van der Waals surface area contributed by atoms with E-state index < -0.39 is 17.6 Å². The van der Waals surface area contributed by atoms with Crippen LogP contribution in [0.5, 0.6) is 0 Å². The molecule has 7 nitrogen and oxygen atoms in total. The molecule has 2 aromatic carbocycles. The second-order valence-corrected chi connectivity index (χ2v) is 10.6. The van der Waals surface area contributed by atoms with Crippen LogP contribution in [0.1, 0.15) is 0 Å². The molecular formula is C15H22N2O5Si2. The number of nitrogen functional groups attached to an aromatic ring is 2. The molecule has 0 spiro atoms. The molecule has 0 aliphatic heterocycles. The Morgan fingerprint density at radius 1 is 0.792 bits per heavy atom. The van der Waals surface area contributed by atoms with Gasteiger partial charge in [0, 0.05) is 43.1 Å². The molecule has 0 bridgehead atoms. The Kier molecular flexibility index (Phi) is 5.77. The van der Waals surface area contributed by atoms with E-state index in [-0.39, 0.29) is 0 Å². The van der Waals surface area contributed by atoms with Gasteiger partial charge in [-0.3, -0.25) is 0 Å². The first-order valence-corrected chi connectivity index (χ1v) is 10.7. The van der Waals surface area contributed by atoms with Crippen molar-refractivity contribution in [2.75, 3.05) is 32.8 Å². The van der Waals surface area contributed by atoms with E-state index in [1.54, 1.807) is 48.5 Å². The fourth-order valence-electron chi connectivity index (χ4n) is 2.33. The minimum atomic E-state index is -3.82. The topological polar surface area (TPSA) is 109 Å². The molecule has 2 aromatic rings. The van der Waals surface area contributed by atoms with Crippen molar-refractivity contribution < 1.29 is 22.2 Å². The normalized spacial score (nSPS) is 14.3. The van der Waals surface area contributed by atoms with Crippen molar-refractivity contribution in [2.45, 2.75) is 0 Å². The van der Waals surface area contributed by atoms with Crippen LogP contribution in [0.3, 0.4) is 0 Å². The van der Waals surface area contributed by atoms with Gasteiger partial charge >= 0.3 is 17.6 Å². The Morgan fingerprint density at radius 2 is 1.29 bits per heavy atom. The van der Waals surface area contributed by atoms with E-state index in [1.807, 2.05) is 0 Å². The third-order valence-corrected chi connectivity index (χ3v) is 9.45. The Balaban J connectivity index is 2.48. The lowest BCUT2D eigenvalue weighted by atomic mass is 10.3. The average molecular weight is 367 g/mol. The standard InChI is InChI=1S/C15H22N2O5Si2/c1-19-23(18,14-8-4-6-12(16)10-14)22-24(20-2,21-3)15-9-5-7-13(17)11-15/h4-11,18H,16-17H2,1-3H3. The predicted molar refractivity (Wildman–Crippen MR) is 96.8 cm³/mol. The molecule has 0 radical (unpaired) electrons. The van der Waals surface area contributed by atoms with Crippen molar-refractivity contribution in [3.63, 3.8) is 0 Å². The second-order valence-electron chi connectivity index (χ2n) is 5.10. The molecule has 1 unspecified atom stereocenters. The number of benzene rings is 2. The van der Waals surface area contributed by atoms with Crippen LogP contribution in [0.15, 0.2) is 48.5 Å². The third kappa shape index (κ3) is 3.67. The number of hydrogen-bond acceptors (Lipinski definition) is 7. The monoisotopic (exact) mass is 366 g/mol. The van der Waals surface area contributed by atoms with Gasteiger partial charge in [-0.05, 0) is 24.3 Å². The van der Waals surface area contributed by atoms with Crippen LogP contribution in [0.2, 0.25) is 0 Å². The van der Waals surface area contributed by atoms with Gasteiger partial charge in [-0.25, -0.2) is 0 Å². The van der Waals surface area contributed by atoms with Crippen molar-refractivity contribution in [1.29, 1.82) is 0 Å². The van der Waals surface area contributed by atoms with Crippen LogP contribution >= 0.6 is 0 Å². The molecule has 2 rings (SSSR count). The van der Waals surface area contributed by atoms with Crippen molar-refractivity contribution in [3.05, 3.63) is 48.5 Å². The lowest BCUT2D eigenvalue weighted by molar-refractivity contribution is 0.121. The van der Waals surface area contributed by atoms with Gasteiger partial charge in [0.25, 0.3) is 0 Å². The van der Waals surface area contributed by atoms with E-state index >= 15 is 0 Å². The minimum absolute atomic E-state index is 0.458. The Morgan fingerprint density at radius 3 is 1.75 bits per heavy atom. The zero-order chi connectivity index (χ0) is 17.8. The first-order chi connectivity index (χ1) is 11.4. The zero-order valence-corrected chi connectivity index (χ0v) is 15.9. The summed E-state index contributed by atoms with van der Waals surface area (Å²) in [4.78, 5) is 11.0. The van der Waals surface area contributed by atoms with E-state index in [2.05, 4.69) is 0 Å². The molecule has 0 amide bonds. The highest BCUT2D eigenvalue weighted by Crippen LogP contribution is 2.17. The molecule has 9 heteroatoms. The Hall–Kier alpha value is -1.73. The molecule has 24 heavy (non-hydrogen) atoms. The zero-order valence-electron chi connectivity index (χ0n) is 13.9. The summed E-state index contributed by atoms with van der Waals surface area (Å²) in [7, 11) is -2.96. The molecule has 0 saturated heterocycles. The SMILES string of the molecule is CO[Si](O)(O[Si](OC)(OC)c1cccc(N)c1)c1cccc(N)c1. The molecule has 0 aliphatic rings. The van der Waals surface area contributed by atoms with Crippen molar-refractivity contribution in [3.8, 4) is 0 Å².